The average molecular weight is 273 g/mol. The van der Waals surface area contributed by atoms with Crippen molar-refractivity contribution in [1.82, 2.24) is 10.3 Å². The van der Waals surface area contributed by atoms with Crippen LogP contribution in [-0.4, -0.2) is 12.0 Å². The van der Waals surface area contributed by atoms with E-state index < -0.39 is 0 Å². The van der Waals surface area contributed by atoms with E-state index in [2.05, 4.69) is 10.3 Å². The molecule has 0 aliphatic heterocycles. The SMILES string of the molecule is CNCc1nc(-c2cccc(Cl)c2Cl)cs1. The van der Waals surface area contributed by atoms with Gasteiger partial charge in [0.05, 0.1) is 15.7 Å². The number of hydrogen-bond donors (Lipinski definition) is 1. The van der Waals surface area contributed by atoms with Gasteiger partial charge >= 0.3 is 0 Å². The molecule has 0 saturated heterocycles. The molecule has 0 radical (unpaired) electrons. The Morgan fingerprint density at radius 1 is 1.38 bits per heavy atom. The standard InChI is InChI=1S/C11H10Cl2N2S/c1-14-5-10-15-9(6-16-10)7-3-2-4-8(12)11(7)13/h2-4,6,14H,5H2,1H3. The first-order valence-electron chi connectivity index (χ1n) is 4.75. The molecule has 2 rings (SSSR count). The van der Waals surface area contributed by atoms with Crippen LogP contribution in [0.15, 0.2) is 23.6 Å². The Hall–Kier alpha value is -0.610. The van der Waals surface area contributed by atoms with Crippen LogP contribution in [0.25, 0.3) is 11.3 Å². The maximum absolute atomic E-state index is 6.13. The van der Waals surface area contributed by atoms with Crippen LogP contribution < -0.4 is 5.32 Å². The molecular weight excluding hydrogens is 263 g/mol. The molecule has 2 aromatic rings. The third-order valence-corrected chi connectivity index (χ3v) is 3.78. The van der Waals surface area contributed by atoms with E-state index in [0.717, 1.165) is 22.8 Å². The first kappa shape index (κ1) is 11.9. The van der Waals surface area contributed by atoms with Gasteiger partial charge in [0.1, 0.15) is 5.01 Å². The summed E-state index contributed by atoms with van der Waals surface area (Å²) in [7, 11) is 1.90. The molecule has 1 aromatic heterocycles. The summed E-state index contributed by atoms with van der Waals surface area (Å²) in [6, 6.07) is 5.57. The Kier molecular flexibility index (Phi) is 3.82. The van der Waals surface area contributed by atoms with Crippen LogP contribution >= 0.6 is 34.5 Å². The molecule has 0 bridgehead atoms. The monoisotopic (exact) mass is 272 g/mol. The second-order valence-electron chi connectivity index (χ2n) is 3.26. The van der Waals surface area contributed by atoms with Crippen molar-refractivity contribution in [2.24, 2.45) is 0 Å². The van der Waals surface area contributed by atoms with Gasteiger partial charge in [-0.15, -0.1) is 11.3 Å². The number of halogens is 2. The molecule has 84 valence electrons. The second kappa shape index (κ2) is 5.15. The highest BCUT2D eigenvalue weighted by molar-refractivity contribution is 7.09. The van der Waals surface area contributed by atoms with E-state index in [1.807, 2.05) is 24.6 Å². The zero-order valence-electron chi connectivity index (χ0n) is 8.63. The minimum absolute atomic E-state index is 0.558. The normalized spacial score (nSPS) is 10.7. The molecule has 2 nitrogen and oxygen atoms in total. The fourth-order valence-corrected chi connectivity index (χ4v) is 2.57. The highest BCUT2D eigenvalue weighted by Gasteiger charge is 2.09. The average Bonchev–Trinajstić information content (AvgIpc) is 2.71. The van der Waals surface area contributed by atoms with Gasteiger partial charge in [-0.25, -0.2) is 4.98 Å². The maximum atomic E-state index is 6.13. The smallest absolute Gasteiger partial charge is 0.107 e. The van der Waals surface area contributed by atoms with Crippen LogP contribution in [0.2, 0.25) is 10.0 Å². The van der Waals surface area contributed by atoms with E-state index in [9.17, 15) is 0 Å². The first-order chi connectivity index (χ1) is 7.72. The summed E-state index contributed by atoms with van der Waals surface area (Å²) in [6.45, 7) is 0.767. The number of aromatic nitrogens is 1. The molecule has 1 N–H and O–H groups in total. The van der Waals surface area contributed by atoms with Gasteiger partial charge in [-0.1, -0.05) is 35.3 Å². The lowest BCUT2D eigenvalue weighted by atomic mass is 10.2. The van der Waals surface area contributed by atoms with Gasteiger partial charge in [-0.3, -0.25) is 0 Å². The molecule has 0 unspecified atom stereocenters. The molecule has 1 heterocycles. The Morgan fingerprint density at radius 2 is 2.19 bits per heavy atom. The zero-order chi connectivity index (χ0) is 11.5. The Morgan fingerprint density at radius 3 is 2.94 bits per heavy atom. The predicted molar refractivity (Wildman–Crippen MR) is 70.3 cm³/mol. The molecule has 0 spiro atoms. The fraction of sp³-hybridized carbons (Fsp3) is 0.182. The van der Waals surface area contributed by atoms with Gasteiger partial charge < -0.3 is 5.32 Å². The Labute approximate surface area is 108 Å². The van der Waals surface area contributed by atoms with Crippen LogP contribution in [-0.2, 0) is 6.54 Å². The molecule has 16 heavy (non-hydrogen) atoms. The first-order valence-corrected chi connectivity index (χ1v) is 6.39. The minimum atomic E-state index is 0.558. The lowest BCUT2D eigenvalue weighted by Crippen LogP contribution is -2.04. The number of benzene rings is 1. The Bertz CT molecular complexity index is 496. The van der Waals surface area contributed by atoms with Crippen molar-refractivity contribution >= 4 is 34.5 Å². The topological polar surface area (TPSA) is 24.9 Å². The summed E-state index contributed by atoms with van der Waals surface area (Å²) < 4.78 is 0. The van der Waals surface area contributed by atoms with E-state index in [-0.39, 0.29) is 0 Å². The van der Waals surface area contributed by atoms with Crippen molar-refractivity contribution in [3.05, 3.63) is 38.6 Å². The van der Waals surface area contributed by atoms with Crippen molar-refractivity contribution in [3.8, 4) is 11.3 Å². The molecule has 0 saturated carbocycles. The number of nitrogens with one attached hydrogen (secondary N) is 1. The fourth-order valence-electron chi connectivity index (χ4n) is 1.37. The largest absolute Gasteiger partial charge is 0.314 e. The molecule has 5 heteroatoms. The van der Waals surface area contributed by atoms with Crippen molar-refractivity contribution in [1.29, 1.82) is 0 Å². The summed E-state index contributed by atoms with van der Waals surface area (Å²) in [5.74, 6) is 0. The van der Waals surface area contributed by atoms with Crippen molar-refractivity contribution in [2.75, 3.05) is 7.05 Å². The summed E-state index contributed by atoms with van der Waals surface area (Å²) in [5, 5.41) is 7.21. The van der Waals surface area contributed by atoms with E-state index in [1.165, 1.54) is 0 Å². The highest BCUT2D eigenvalue weighted by Crippen LogP contribution is 2.33. The van der Waals surface area contributed by atoms with E-state index in [4.69, 9.17) is 23.2 Å². The van der Waals surface area contributed by atoms with Gasteiger partial charge in [-0.05, 0) is 13.1 Å². The molecule has 1 aromatic carbocycles. The number of thiazole rings is 1. The summed E-state index contributed by atoms with van der Waals surface area (Å²) in [6.07, 6.45) is 0. The molecule has 0 fully saturated rings. The van der Waals surface area contributed by atoms with Crippen molar-refractivity contribution in [2.45, 2.75) is 6.54 Å². The van der Waals surface area contributed by atoms with Crippen LogP contribution in [0.1, 0.15) is 5.01 Å². The molecule has 0 aliphatic rings. The molecule has 0 atom stereocenters. The third-order valence-electron chi connectivity index (χ3n) is 2.11. The Balaban J connectivity index is 2.39. The summed E-state index contributed by atoms with van der Waals surface area (Å²) in [5.41, 5.74) is 1.76. The van der Waals surface area contributed by atoms with Crippen LogP contribution in [0.4, 0.5) is 0 Å². The van der Waals surface area contributed by atoms with Crippen LogP contribution in [0.3, 0.4) is 0 Å². The third kappa shape index (κ3) is 2.38. The summed E-state index contributed by atoms with van der Waals surface area (Å²) >= 11 is 13.7. The predicted octanol–water partition coefficient (Wildman–Crippen LogP) is 3.84. The van der Waals surface area contributed by atoms with Gasteiger partial charge in [0, 0.05) is 17.5 Å². The lowest BCUT2D eigenvalue weighted by Gasteiger charge is -2.01. The van der Waals surface area contributed by atoms with Gasteiger partial charge in [0.15, 0.2) is 0 Å². The van der Waals surface area contributed by atoms with Crippen molar-refractivity contribution in [3.63, 3.8) is 0 Å². The van der Waals surface area contributed by atoms with E-state index in [1.54, 1.807) is 17.4 Å². The van der Waals surface area contributed by atoms with Gasteiger partial charge in [0.2, 0.25) is 0 Å². The second-order valence-corrected chi connectivity index (χ2v) is 4.99. The minimum Gasteiger partial charge on any atom is -0.314 e. The number of rotatable bonds is 3. The number of hydrogen-bond acceptors (Lipinski definition) is 3. The molecule has 0 aliphatic carbocycles. The van der Waals surface area contributed by atoms with Gasteiger partial charge in [0.25, 0.3) is 0 Å². The molecular formula is C11H10Cl2N2S. The maximum Gasteiger partial charge on any atom is 0.107 e. The van der Waals surface area contributed by atoms with E-state index in [0.29, 0.717) is 10.0 Å². The van der Waals surface area contributed by atoms with Crippen LogP contribution in [0.5, 0.6) is 0 Å². The van der Waals surface area contributed by atoms with Crippen molar-refractivity contribution < 1.29 is 0 Å². The van der Waals surface area contributed by atoms with Crippen LogP contribution in [0, 0.1) is 0 Å². The number of nitrogens with zero attached hydrogens (tertiary/aromatic N) is 1. The van der Waals surface area contributed by atoms with Gasteiger partial charge in [-0.2, -0.15) is 0 Å². The highest BCUT2D eigenvalue weighted by atomic mass is 35.5. The summed E-state index contributed by atoms with van der Waals surface area (Å²) in [4.78, 5) is 4.49. The molecule has 0 amide bonds. The van der Waals surface area contributed by atoms with E-state index >= 15 is 0 Å². The lowest BCUT2D eigenvalue weighted by molar-refractivity contribution is 0.811. The quantitative estimate of drug-likeness (QED) is 0.919. The zero-order valence-corrected chi connectivity index (χ0v) is 11.0.